The van der Waals surface area contributed by atoms with Crippen LogP contribution in [-0.2, 0) is 10.8 Å². The average Bonchev–Trinajstić information content (AvgIpc) is 2.25. The predicted molar refractivity (Wildman–Crippen MR) is 62.9 cm³/mol. The zero-order valence-electron chi connectivity index (χ0n) is 8.99. The van der Waals surface area contributed by atoms with Crippen LogP contribution in [0, 0.1) is 0 Å². The van der Waals surface area contributed by atoms with Crippen molar-refractivity contribution in [1.29, 1.82) is 0 Å². The van der Waals surface area contributed by atoms with Crippen molar-refractivity contribution in [2.24, 2.45) is 0 Å². The van der Waals surface area contributed by atoms with Gasteiger partial charge in [0.1, 0.15) is 0 Å². The topological polar surface area (TPSA) is 79.0 Å². The summed E-state index contributed by atoms with van der Waals surface area (Å²) >= 11 is 0. The van der Waals surface area contributed by atoms with Crippen LogP contribution >= 0.6 is 0 Å². The summed E-state index contributed by atoms with van der Waals surface area (Å²) in [4.78, 5) is 24.7. The second-order valence-corrected chi connectivity index (χ2v) is 4.88. The van der Waals surface area contributed by atoms with Crippen LogP contribution in [0.2, 0.25) is 0 Å². The van der Waals surface area contributed by atoms with Gasteiger partial charge >= 0.3 is 0 Å². The summed E-state index contributed by atoms with van der Waals surface area (Å²) in [5.41, 5.74) is 0.176. The van der Waals surface area contributed by atoms with Crippen molar-refractivity contribution in [2.45, 2.75) is 6.42 Å². The third-order valence-electron chi connectivity index (χ3n) is 1.94. The Balaban J connectivity index is 2.38. The number of nitrogens with one attached hydrogen (secondary N) is 2. The molecule has 0 aromatic carbocycles. The van der Waals surface area contributed by atoms with Gasteiger partial charge in [-0.3, -0.25) is 13.8 Å². The number of aromatic nitrogens is 1. The first-order valence-electron chi connectivity index (χ1n) is 4.86. The zero-order chi connectivity index (χ0) is 12.0. The molecule has 0 aliphatic rings. The molecule has 0 fully saturated rings. The molecule has 1 rings (SSSR count). The van der Waals surface area contributed by atoms with E-state index in [0.717, 1.165) is 0 Å². The Morgan fingerprint density at radius 3 is 2.81 bits per heavy atom. The van der Waals surface area contributed by atoms with E-state index in [9.17, 15) is 13.8 Å². The normalized spacial score (nSPS) is 12.1. The molecular weight excluding hydrogens is 228 g/mol. The van der Waals surface area contributed by atoms with Gasteiger partial charge in [-0.15, -0.1) is 0 Å². The maximum Gasteiger partial charge on any atom is 0.252 e. The van der Waals surface area contributed by atoms with E-state index in [1.54, 1.807) is 6.26 Å². The van der Waals surface area contributed by atoms with Crippen LogP contribution in [0.1, 0.15) is 16.8 Å². The number of amides is 1. The van der Waals surface area contributed by atoms with Crippen LogP contribution in [0.5, 0.6) is 0 Å². The SMILES string of the molecule is CS(=O)CCCNC(=O)c1ccc(=O)[nH]c1. The summed E-state index contributed by atoms with van der Waals surface area (Å²) in [6.45, 7) is 0.484. The van der Waals surface area contributed by atoms with Gasteiger partial charge in [0.05, 0.1) is 5.56 Å². The lowest BCUT2D eigenvalue weighted by molar-refractivity contribution is 0.0953. The molecule has 0 aliphatic heterocycles. The lowest BCUT2D eigenvalue weighted by atomic mass is 10.2. The highest BCUT2D eigenvalue weighted by Crippen LogP contribution is 1.92. The van der Waals surface area contributed by atoms with Crippen molar-refractivity contribution in [3.63, 3.8) is 0 Å². The van der Waals surface area contributed by atoms with Crippen LogP contribution in [0.4, 0.5) is 0 Å². The van der Waals surface area contributed by atoms with E-state index in [0.29, 0.717) is 24.3 Å². The molecule has 6 heteroatoms. The van der Waals surface area contributed by atoms with Crippen molar-refractivity contribution in [2.75, 3.05) is 18.6 Å². The van der Waals surface area contributed by atoms with Gasteiger partial charge in [-0.2, -0.15) is 0 Å². The molecule has 1 heterocycles. The monoisotopic (exact) mass is 242 g/mol. The molecule has 0 radical (unpaired) electrons. The molecule has 0 bridgehead atoms. The molecule has 1 unspecified atom stereocenters. The first-order valence-corrected chi connectivity index (χ1v) is 6.59. The molecule has 16 heavy (non-hydrogen) atoms. The Labute approximate surface area is 95.7 Å². The van der Waals surface area contributed by atoms with Gasteiger partial charge in [-0.05, 0) is 12.5 Å². The smallest absolute Gasteiger partial charge is 0.252 e. The summed E-state index contributed by atoms with van der Waals surface area (Å²) in [6, 6.07) is 2.77. The Morgan fingerprint density at radius 1 is 1.50 bits per heavy atom. The summed E-state index contributed by atoms with van der Waals surface area (Å²) in [5, 5.41) is 2.68. The lowest BCUT2D eigenvalue weighted by Gasteiger charge is -2.03. The van der Waals surface area contributed by atoms with Crippen LogP contribution in [-0.4, -0.2) is 33.7 Å². The van der Waals surface area contributed by atoms with E-state index in [1.165, 1.54) is 18.3 Å². The fourth-order valence-electron chi connectivity index (χ4n) is 1.13. The third kappa shape index (κ3) is 4.39. The van der Waals surface area contributed by atoms with Crippen LogP contribution in [0.15, 0.2) is 23.1 Å². The summed E-state index contributed by atoms with van der Waals surface area (Å²) in [5.74, 6) is 0.337. The molecule has 1 amide bonds. The van der Waals surface area contributed by atoms with E-state index >= 15 is 0 Å². The van der Waals surface area contributed by atoms with E-state index in [1.807, 2.05) is 0 Å². The maximum atomic E-state index is 11.5. The molecule has 0 spiro atoms. The Morgan fingerprint density at radius 2 is 2.25 bits per heavy atom. The minimum atomic E-state index is -0.827. The van der Waals surface area contributed by atoms with E-state index < -0.39 is 10.8 Å². The minimum absolute atomic E-state index is 0.238. The number of rotatable bonds is 5. The molecule has 0 saturated carbocycles. The molecule has 1 aromatic rings. The first-order chi connectivity index (χ1) is 7.59. The van der Waals surface area contributed by atoms with Crippen molar-refractivity contribution in [1.82, 2.24) is 10.3 Å². The molecule has 0 saturated heterocycles. The van der Waals surface area contributed by atoms with Crippen LogP contribution < -0.4 is 10.9 Å². The zero-order valence-corrected chi connectivity index (χ0v) is 9.80. The van der Waals surface area contributed by atoms with Crippen molar-refractivity contribution in [3.05, 3.63) is 34.2 Å². The number of hydrogen-bond acceptors (Lipinski definition) is 3. The number of carbonyl (C=O) groups excluding carboxylic acids is 1. The summed E-state index contributed by atoms with van der Waals surface area (Å²) in [6.07, 6.45) is 3.68. The number of pyridine rings is 1. The van der Waals surface area contributed by atoms with Gasteiger partial charge in [0, 0.05) is 41.6 Å². The van der Waals surface area contributed by atoms with E-state index in [-0.39, 0.29) is 11.5 Å². The van der Waals surface area contributed by atoms with Gasteiger partial charge < -0.3 is 10.3 Å². The third-order valence-corrected chi connectivity index (χ3v) is 2.80. The van der Waals surface area contributed by atoms with Crippen LogP contribution in [0.25, 0.3) is 0 Å². The van der Waals surface area contributed by atoms with E-state index in [2.05, 4.69) is 10.3 Å². The number of aromatic amines is 1. The van der Waals surface area contributed by atoms with Gasteiger partial charge in [0.15, 0.2) is 0 Å². The molecule has 1 aromatic heterocycles. The number of H-pyrrole nitrogens is 1. The maximum absolute atomic E-state index is 11.5. The Bertz CT molecular complexity index is 421. The summed E-state index contributed by atoms with van der Waals surface area (Å²) in [7, 11) is -0.827. The van der Waals surface area contributed by atoms with Crippen molar-refractivity contribution < 1.29 is 9.00 Å². The molecule has 88 valence electrons. The van der Waals surface area contributed by atoms with Crippen molar-refractivity contribution in [3.8, 4) is 0 Å². The van der Waals surface area contributed by atoms with E-state index in [4.69, 9.17) is 0 Å². The summed E-state index contributed by atoms with van der Waals surface area (Å²) < 4.78 is 10.8. The molecule has 0 aliphatic carbocycles. The van der Waals surface area contributed by atoms with Gasteiger partial charge in [0.25, 0.3) is 5.91 Å². The largest absolute Gasteiger partial charge is 0.352 e. The average molecular weight is 242 g/mol. The number of hydrogen-bond donors (Lipinski definition) is 2. The molecule has 2 N–H and O–H groups in total. The standard InChI is InChI=1S/C10H14N2O3S/c1-16(15)6-2-5-11-10(14)8-3-4-9(13)12-7-8/h3-4,7H,2,5-6H2,1H3,(H,11,14)(H,12,13). The van der Waals surface area contributed by atoms with Gasteiger partial charge in [0.2, 0.25) is 5.56 Å². The highest BCUT2D eigenvalue weighted by Gasteiger charge is 2.03. The minimum Gasteiger partial charge on any atom is -0.352 e. The number of carbonyl (C=O) groups is 1. The van der Waals surface area contributed by atoms with Crippen LogP contribution in [0.3, 0.4) is 0 Å². The molecular formula is C10H14N2O3S. The molecule has 1 atom stereocenters. The van der Waals surface area contributed by atoms with Gasteiger partial charge in [-0.25, -0.2) is 0 Å². The fraction of sp³-hybridized carbons (Fsp3) is 0.400. The highest BCUT2D eigenvalue weighted by atomic mass is 32.2. The highest BCUT2D eigenvalue weighted by molar-refractivity contribution is 7.84. The fourth-order valence-corrected chi connectivity index (χ4v) is 1.68. The Hall–Kier alpha value is -1.43. The molecule has 5 nitrogen and oxygen atoms in total. The predicted octanol–water partition coefficient (Wildman–Crippen LogP) is -0.127. The lowest BCUT2D eigenvalue weighted by Crippen LogP contribution is -2.26. The Kier molecular flexibility index (Phi) is 4.91. The quantitative estimate of drug-likeness (QED) is 0.706. The second-order valence-electron chi connectivity index (χ2n) is 3.33. The first kappa shape index (κ1) is 12.6. The second kappa shape index (κ2) is 6.22. The van der Waals surface area contributed by atoms with Gasteiger partial charge in [-0.1, -0.05) is 0 Å². The van der Waals surface area contributed by atoms with Crippen molar-refractivity contribution >= 4 is 16.7 Å².